The first-order valence-corrected chi connectivity index (χ1v) is 5.07. The highest BCUT2D eigenvalue weighted by Gasteiger charge is 2.44. The van der Waals surface area contributed by atoms with E-state index in [9.17, 15) is 0 Å². The number of hydrogen-bond donors (Lipinski definition) is 0. The van der Waals surface area contributed by atoms with Crippen molar-refractivity contribution < 1.29 is 0 Å². The molecule has 0 bridgehead atoms. The molecule has 0 aromatic carbocycles. The van der Waals surface area contributed by atoms with Crippen LogP contribution in [0.3, 0.4) is 0 Å². The second kappa shape index (κ2) is 2.38. The monoisotopic (exact) mass is 161 g/mol. The minimum absolute atomic E-state index is 0.852. The van der Waals surface area contributed by atoms with Crippen LogP contribution in [0.1, 0.15) is 19.3 Å². The van der Waals surface area contributed by atoms with E-state index in [-0.39, 0.29) is 0 Å². The molecule has 1 heterocycles. The van der Waals surface area contributed by atoms with Gasteiger partial charge in [-0.2, -0.15) is 0 Å². The number of rotatable bonds is 1. The molecule has 0 amide bonds. The maximum Gasteiger partial charge on any atom is 0.0173 e. The van der Waals surface area contributed by atoms with E-state index in [2.05, 4.69) is 23.3 Å². The standard InChI is InChI=1S/C11H15N/c1-2-7-12(6-1)8-11-9-4-3-5-10(9)11/h3-4,8-10H,1-2,5-7H2/b11-8-. The summed E-state index contributed by atoms with van der Waals surface area (Å²) < 4.78 is 0. The van der Waals surface area contributed by atoms with Gasteiger partial charge in [0.2, 0.25) is 0 Å². The fourth-order valence-corrected chi connectivity index (χ4v) is 2.53. The molecule has 1 saturated carbocycles. The molecule has 3 aliphatic rings. The average molecular weight is 161 g/mol. The molecule has 0 N–H and O–H groups in total. The number of fused-ring (bicyclic) bond motifs is 1. The Balaban J connectivity index is 1.70. The van der Waals surface area contributed by atoms with Crippen LogP contribution in [-0.2, 0) is 0 Å². The molecule has 2 atom stereocenters. The lowest BCUT2D eigenvalue weighted by Gasteiger charge is -2.09. The topological polar surface area (TPSA) is 3.24 Å². The van der Waals surface area contributed by atoms with Gasteiger partial charge in [-0.05, 0) is 37.0 Å². The van der Waals surface area contributed by atoms with Crippen LogP contribution in [0.4, 0.5) is 0 Å². The van der Waals surface area contributed by atoms with Crippen LogP contribution < -0.4 is 0 Å². The third-order valence-electron chi connectivity index (χ3n) is 3.34. The van der Waals surface area contributed by atoms with Crippen LogP contribution in [0, 0.1) is 11.8 Å². The van der Waals surface area contributed by atoms with Crippen molar-refractivity contribution in [2.24, 2.45) is 11.8 Å². The molecule has 1 nitrogen and oxygen atoms in total. The van der Waals surface area contributed by atoms with Gasteiger partial charge in [-0.15, -0.1) is 0 Å². The quantitative estimate of drug-likeness (QED) is 0.533. The number of hydrogen-bond acceptors (Lipinski definition) is 1. The first-order valence-electron chi connectivity index (χ1n) is 5.07. The van der Waals surface area contributed by atoms with E-state index in [0.29, 0.717) is 0 Å². The molecule has 1 saturated heterocycles. The van der Waals surface area contributed by atoms with E-state index in [1.807, 2.05) is 0 Å². The molecule has 0 aromatic rings. The number of likely N-dealkylation sites (tertiary alicyclic amines) is 1. The van der Waals surface area contributed by atoms with Crippen molar-refractivity contribution in [1.82, 2.24) is 4.90 Å². The Bertz CT molecular complexity index is 246. The highest BCUT2D eigenvalue weighted by Crippen LogP contribution is 2.53. The summed E-state index contributed by atoms with van der Waals surface area (Å²) in [6.45, 7) is 2.60. The van der Waals surface area contributed by atoms with Crippen molar-refractivity contribution in [3.8, 4) is 0 Å². The smallest absolute Gasteiger partial charge is 0.0173 e. The normalized spacial score (nSPS) is 41.0. The summed E-state index contributed by atoms with van der Waals surface area (Å²) in [7, 11) is 0. The molecule has 64 valence electrons. The zero-order valence-corrected chi connectivity index (χ0v) is 7.37. The van der Waals surface area contributed by atoms with Gasteiger partial charge in [0.15, 0.2) is 0 Å². The van der Waals surface area contributed by atoms with Crippen molar-refractivity contribution in [3.05, 3.63) is 23.9 Å². The molecule has 1 heteroatoms. The second-order valence-corrected chi connectivity index (χ2v) is 4.17. The molecule has 0 spiro atoms. The third-order valence-corrected chi connectivity index (χ3v) is 3.34. The molecular weight excluding hydrogens is 146 g/mol. The summed E-state index contributed by atoms with van der Waals surface area (Å²) in [5.41, 5.74) is 1.71. The molecule has 0 radical (unpaired) electrons. The van der Waals surface area contributed by atoms with Crippen molar-refractivity contribution in [2.75, 3.05) is 13.1 Å². The first kappa shape index (κ1) is 6.76. The SMILES string of the molecule is C1=CC2/C(=C/N3CCCC3)C2C1. The van der Waals surface area contributed by atoms with Gasteiger partial charge in [0.25, 0.3) is 0 Å². The minimum Gasteiger partial charge on any atom is -0.377 e. The zero-order valence-electron chi connectivity index (χ0n) is 7.37. The fraction of sp³-hybridized carbons (Fsp3) is 0.636. The van der Waals surface area contributed by atoms with Gasteiger partial charge < -0.3 is 4.90 Å². The summed E-state index contributed by atoms with van der Waals surface area (Å²) in [4.78, 5) is 2.50. The van der Waals surface area contributed by atoms with Gasteiger partial charge in [-0.25, -0.2) is 0 Å². The van der Waals surface area contributed by atoms with Crippen LogP contribution in [0.2, 0.25) is 0 Å². The van der Waals surface area contributed by atoms with E-state index in [1.54, 1.807) is 5.57 Å². The summed E-state index contributed by atoms with van der Waals surface area (Å²) in [5, 5.41) is 0. The van der Waals surface area contributed by atoms with Gasteiger partial charge in [0.05, 0.1) is 0 Å². The molecule has 2 fully saturated rings. The second-order valence-electron chi connectivity index (χ2n) is 4.17. The van der Waals surface area contributed by atoms with E-state index in [1.165, 1.54) is 32.4 Å². The minimum atomic E-state index is 0.852. The maximum absolute atomic E-state index is 2.50. The third kappa shape index (κ3) is 0.921. The van der Waals surface area contributed by atoms with Crippen molar-refractivity contribution in [3.63, 3.8) is 0 Å². The maximum atomic E-state index is 2.50. The lowest BCUT2D eigenvalue weighted by Crippen LogP contribution is -2.10. The van der Waals surface area contributed by atoms with Crippen molar-refractivity contribution in [2.45, 2.75) is 19.3 Å². The summed E-state index contributed by atoms with van der Waals surface area (Å²) in [6, 6.07) is 0. The van der Waals surface area contributed by atoms with Crippen LogP contribution in [0.15, 0.2) is 23.9 Å². The zero-order chi connectivity index (χ0) is 7.97. The lowest BCUT2D eigenvalue weighted by atomic mass is 10.3. The summed E-state index contributed by atoms with van der Waals surface area (Å²) in [5.74, 6) is 1.77. The molecule has 1 aliphatic heterocycles. The Morgan fingerprint density at radius 3 is 2.83 bits per heavy atom. The molecule has 2 aliphatic carbocycles. The van der Waals surface area contributed by atoms with E-state index in [4.69, 9.17) is 0 Å². The number of nitrogens with zero attached hydrogens (tertiary/aromatic N) is 1. The summed E-state index contributed by atoms with van der Waals surface area (Å²) in [6.07, 6.45) is 11.3. The molecule has 12 heavy (non-hydrogen) atoms. The first-order chi connectivity index (χ1) is 5.95. The van der Waals surface area contributed by atoms with Gasteiger partial charge >= 0.3 is 0 Å². The highest BCUT2D eigenvalue weighted by molar-refractivity contribution is 5.39. The Morgan fingerprint density at radius 1 is 1.33 bits per heavy atom. The Labute approximate surface area is 73.8 Å². The Morgan fingerprint density at radius 2 is 2.17 bits per heavy atom. The molecule has 0 aromatic heterocycles. The van der Waals surface area contributed by atoms with Crippen LogP contribution in [-0.4, -0.2) is 18.0 Å². The molecule has 2 unspecified atom stereocenters. The van der Waals surface area contributed by atoms with Crippen molar-refractivity contribution in [1.29, 1.82) is 0 Å². The Kier molecular flexibility index (Phi) is 1.34. The van der Waals surface area contributed by atoms with Crippen LogP contribution in [0.5, 0.6) is 0 Å². The summed E-state index contributed by atoms with van der Waals surface area (Å²) >= 11 is 0. The van der Waals surface area contributed by atoms with Crippen LogP contribution >= 0.6 is 0 Å². The van der Waals surface area contributed by atoms with Gasteiger partial charge in [0.1, 0.15) is 0 Å². The van der Waals surface area contributed by atoms with Crippen molar-refractivity contribution >= 4 is 0 Å². The predicted molar refractivity (Wildman–Crippen MR) is 49.6 cm³/mol. The average Bonchev–Trinajstić information content (AvgIpc) is 2.59. The fourth-order valence-electron chi connectivity index (χ4n) is 2.53. The van der Waals surface area contributed by atoms with E-state index >= 15 is 0 Å². The van der Waals surface area contributed by atoms with E-state index < -0.39 is 0 Å². The van der Waals surface area contributed by atoms with Gasteiger partial charge in [-0.1, -0.05) is 12.2 Å². The lowest BCUT2D eigenvalue weighted by molar-refractivity contribution is 0.465. The highest BCUT2D eigenvalue weighted by atomic mass is 15.1. The molecule has 3 rings (SSSR count). The number of allylic oxidation sites excluding steroid dienone is 3. The molecular formula is C11H15N. The van der Waals surface area contributed by atoms with Crippen LogP contribution in [0.25, 0.3) is 0 Å². The van der Waals surface area contributed by atoms with E-state index in [0.717, 1.165) is 11.8 Å². The Hall–Kier alpha value is -0.720. The predicted octanol–water partition coefficient (Wildman–Crippen LogP) is 2.17. The largest absolute Gasteiger partial charge is 0.377 e. The van der Waals surface area contributed by atoms with Gasteiger partial charge in [-0.3, -0.25) is 0 Å². The van der Waals surface area contributed by atoms with Gasteiger partial charge in [0, 0.05) is 19.0 Å².